The Hall–Kier alpha value is -1.10. The van der Waals surface area contributed by atoms with Crippen molar-refractivity contribution >= 4 is 11.9 Å². The van der Waals surface area contributed by atoms with Crippen LogP contribution < -0.4 is 0 Å². The quantitative estimate of drug-likeness (QED) is 0.574. The summed E-state index contributed by atoms with van der Waals surface area (Å²) in [4.78, 5) is 22.4. The Labute approximate surface area is 70.9 Å². The third-order valence-corrected chi connectivity index (χ3v) is 1.33. The maximum absolute atomic E-state index is 10.7. The van der Waals surface area contributed by atoms with Gasteiger partial charge in [-0.2, -0.15) is 0 Å². The van der Waals surface area contributed by atoms with E-state index in [1.54, 1.807) is 11.9 Å². The lowest BCUT2D eigenvalue weighted by Gasteiger charge is -2.12. The SMILES string of the molecule is COC(=O)CN(C)CCC(=O)O. The molecule has 0 aromatic heterocycles. The van der Waals surface area contributed by atoms with Gasteiger partial charge in [-0.1, -0.05) is 0 Å². The topological polar surface area (TPSA) is 66.8 Å². The van der Waals surface area contributed by atoms with E-state index in [-0.39, 0.29) is 18.9 Å². The average Bonchev–Trinajstić information content (AvgIpc) is 2.00. The van der Waals surface area contributed by atoms with Crippen molar-refractivity contribution in [2.45, 2.75) is 6.42 Å². The van der Waals surface area contributed by atoms with Crippen molar-refractivity contribution in [3.63, 3.8) is 0 Å². The highest BCUT2D eigenvalue weighted by molar-refractivity contribution is 5.71. The Morgan fingerprint density at radius 3 is 2.50 bits per heavy atom. The molecule has 70 valence electrons. The van der Waals surface area contributed by atoms with Crippen LogP contribution in [0.1, 0.15) is 6.42 Å². The third-order valence-electron chi connectivity index (χ3n) is 1.33. The normalized spacial score (nSPS) is 9.92. The van der Waals surface area contributed by atoms with Crippen molar-refractivity contribution in [3.05, 3.63) is 0 Å². The molecule has 0 aromatic rings. The molecule has 0 bridgehead atoms. The van der Waals surface area contributed by atoms with Crippen LogP contribution in [0.3, 0.4) is 0 Å². The number of methoxy groups -OCH3 is 1. The van der Waals surface area contributed by atoms with Crippen LogP contribution in [0.15, 0.2) is 0 Å². The first kappa shape index (κ1) is 10.9. The molecule has 0 spiro atoms. The largest absolute Gasteiger partial charge is 0.481 e. The monoisotopic (exact) mass is 175 g/mol. The van der Waals surface area contributed by atoms with Gasteiger partial charge in [-0.05, 0) is 7.05 Å². The fourth-order valence-corrected chi connectivity index (χ4v) is 0.650. The predicted octanol–water partition coefficient (Wildman–Crippen LogP) is -0.434. The molecule has 0 aliphatic heterocycles. The smallest absolute Gasteiger partial charge is 0.319 e. The van der Waals surface area contributed by atoms with Crippen LogP contribution in [0, 0.1) is 0 Å². The zero-order chi connectivity index (χ0) is 9.56. The van der Waals surface area contributed by atoms with Crippen molar-refractivity contribution in [2.75, 3.05) is 27.2 Å². The Bertz CT molecular complexity index is 169. The van der Waals surface area contributed by atoms with Crippen LogP contribution in [0.2, 0.25) is 0 Å². The van der Waals surface area contributed by atoms with Crippen molar-refractivity contribution in [2.24, 2.45) is 0 Å². The molecule has 1 N–H and O–H groups in total. The number of nitrogens with zero attached hydrogens (tertiary/aromatic N) is 1. The number of aliphatic carboxylic acids is 1. The summed E-state index contributed by atoms with van der Waals surface area (Å²) in [7, 11) is 2.97. The molecule has 0 fully saturated rings. The van der Waals surface area contributed by atoms with Gasteiger partial charge in [0.1, 0.15) is 0 Å². The lowest BCUT2D eigenvalue weighted by atomic mass is 10.4. The van der Waals surface area contributed by atoms with Gasteiger partial charge in [0.25, 0.3) is 0 Å². The number of carbonyl (C=O) groups excluding carboxylic acids is 1. The second-order valence-corrected chi connectivity index (χ2v) is 2.46. The van der Waals surface area contributed by atoms with Gasteiger partial charge < -0.3 is 9.84 Å². The second kappa shape index (κ2) is 5.54. The van der Waals surface area contributed by atoms with Gasteiger partial charge in [0, 0.05) is 6.54 Å². The van der Waals surface area contributed by atoms with Gasteiger partial charge in [-0.15, -0.1) is 0 Å². The van der Waals surface area contributed by atoms with Crippen LogP contribution in [0.4, 0.5) is 0 Å². The van der Waals surface area contributed by atoms with Crippen LogP contribution >= 0.6 is 0 Å². The molecule has 0 amide bonds. The molecule has 0 saturated carbocycles. The first-order valence-corrected chi connectivity index (χ1v) is 3.53. The molecule has 0 saturated heterocycles. The molecular weight excluding hydrogens is 162 g/mol. The summed E-state index contributed by atoms with van der Waals surface area (Å²) in [5.41, 5.74) is 0. The first-order chi connectivity index (χ1) is 5.56. The minimum Gasteiger partial charge on any atom is -0.481 e. The van der Waals surface area contributed by atoms with Gasteiger partial charge in [-0.25, -0.2) is 0 Å². The van der Waals surface area contributed by atoms with E-state index in [9.17, 15) is 9.59 Å². The number of carboxylic acids is 1. The average molecular weight is 175 g/mol. The highest BCUT2D eigenvalue weighted by Crippen LogP contribution is 1.88. The Morgan fingerprint density at radius 2 is 2.08 bits per heavy atom. The summed E-state index contributed by atoms with van der Waals surface area (Å²) < 4.78 is 4.40. The van der Waals surface area contributed by atoms with E-state index in [2.05, 4.69) is 4.74 Å². The van der Waals surface area contributed by atoms with E-state index in [4.69, 9.17) is 5.11 Å². The zero-order valence-corrected chi connectivity index (χ0v) is 7.24. The van der Waals surface area contributed by atoms with Crippen molar-refractivity contribution in [1.82, 2.24) is 4.90 Å². The van der Waals surface area contributed by atoms with Crippen LogP contribution in [-0.2, 0) is 14.3 Å². The van der Waals surface area contributed by atoms with E-state index >= 15 is 0 Å². The number of ether oxygens (including phenoxy) is 1. The molecule has 5 heteroatoms. The van der Waals surface area contributed by atoms with Crippen molar-refractivity contribution in [1.29, 1.82) is 0 Å². The molecule has 0 aliphatic carbocycles. The Morgan fingerprint density at radius 1 is 1.50 bits per heavy atom. The molecule has 5 nitrogen and oxygen atoms in total. The van der Waals surface area contributed by atoms with E-state index < -0.39 is 5.97 Å². The first-order valence-electron chi connectivity index (χ1n) is 3.53. The minimum absolute atomic E-state index is 0.0352. The lowest BCUT2D eigenvalue weighted by Crippen LogP contribution is -2.28. The number of hydrogen-bond donors (Lipinski definition) is 1. The number of esters is 1. The highest BCUT2D eigenvalue weighted by Gasteiger charge is 2.07. The summed E-state index contributed by atoms with van der Waals surface area (Å²) in [5, 5.41) is 8.31. The molecule has 0 aromatic carbocycles. The minimum atomic E-state index is -0.869. The van der Waals surface area contributed by atoms with E-state index in [0.29, 0.717) is 6.54 Å². The van der Waals surface area contributed by atoms with Gasteiger partial charge >= 0.3 is 11.9 Å². The van der Waals surface area contributed by atoms with Gasteiger partial charge in [-0.3, -0.25) is 14.5 Å². The molecule has 0 heterocycles. The highest BCUT2D eigenvalue weighted by atomic mass is 16.5. The standard InChI is InChI=1S/C7H13NO4/c1-8(4-3-6(9)10)5-7(11)12-2/h3-5H2,1-2H3,(H,9,10). The number of carbonyl (C=O) groups is 2. The molecule has 0 aliphatic rings. The summed E-state index contributed by atoms with van der Waals surface area (Å²) in [6.07, 6.45) is 0.0352. The van der Waals surface area contributed by atoms with Gasteiger partial charge in [0.15, 0.2) is 0 Å². The fraction of sp³-hybridized carbons (Fsp3) is 0.714. The lowest BCUT2D eigenvalue weighted by molar-refractivity contribution is -0.143. The zero-order valence-electron chi connectivity index (χ0n) is 7.24. The predicted molar refractivity (Wildman–Crippen MR) is 41.8 cm³/mol. The second-order valence-electron chi connectivity index (χ2n) is 2.46. The Kier molecular flexibility index (Phi) is 5.03. The summed E-state index contributed by atoms with van der Waals surface area (Å²) in [6, 6.07) is 0. The molecular formula is C7H13NO4. The fourth-order valence-electron chi connectivity index (χ4n) is 0.650. The number of rotatable bonds is 5. The molecule has 0 radical (unpaired) electrons. The number of likely N-dealkylation sites (N-methyl/N-ethyl adjacent to an activating group) is 1. The molecule has 12 heavy (non-hydrogen) atoms. The third kappa shape index (κ3) is 5.67. The molecule has 0 rings (SSSR count). The molecule has 0 atom stereocenters. The maximum atomic E-state index is 10.7. The van der Waals surface area contributed by atoms with E-state index in [1.165, 1.54) is 7.11 Å². The van der Waals surface area contributed by atoms with Crippen molar-refractivity contribution in [3.8, 4) is 0 Å². The summed E-state index contributed by atoms with van der Waals surface area (Å²) in [5.74, 6) is -1.23. The van der Waals surface area contributed by atoms with Crippen LogP contribution in [-0.4, -0.2) is 49.2 Å². The van der Waals surface area contributed by atoms with Crippen LogP contribution in [0.25, 0.3) is 0 Å². The summed E-state index contributed by atoms with van der Waals surface area (Å²) >= 11 is 0. The van der Waals surface area contributed by atoms with E-state index in [1.807, 2.05) is 0 Å². The van der Waals surface area contributed by atoms with Gasteiger partial charge in [0.05, 0.1) is 20.1 Å². The Balaban J connectivity index is 3.52. The summed E-state index contributed by atoms with van der Waals surface area (Å²) in [6.45, 7) is 0.480. The van der Waals surface area contributed by atoms with Gasteiger partial charge in [0.2, 0.25) is 0 Å². The maximum Gasteiger partial charge on any atom is 0.319 e. The van der Waals surface area contributed by atoms with Crippen LogP contribution in [0.5, 0.6) is 0 Å². The van der Waals surface area contributed by atoms with Crippen molar-refractivity contribution < 1.29 is 19.4 Å². The van der Waals surface area contributed by atoms with E-state index in [0.717, 1.165) is 0 Å². The number of hydrogen-bond acceptors (Lipinski definition) is 4. The number of carboxylic acid groups (broad SMARTS) is 1. The molecule has 0 unspecified atom stereocenters.